The van der Waals surface area contributed by atoms with E-state index < -0.39 is 13.9 Å². The molecule has 0 spiro atoms. The highest BCUT2D eigenvalue weighted by Gasteiger charge is 2.68. The van der Waals surface area contributed by atoms with Crippen LogP contribution in [0.25, 0.3) is 0 Å². The summed E-state index contributed by atoms with van der Waals surface area (Å²) in [5.41, 5.74) is 3.28. The van der Waals surface area contributed by atoms with Gasteiger partial charge in [0.25, 0.3) is 0 Å². The summed E-state index contributed by atoms with van der Waals surface area (Å²) >= 11 is 0. The Morgan fingerprint density at radius 3 is 1.56 bits per heavy atom. The minimum atomic E-state index is -4.59. The molecule has 0 saturated heterocycles. The van der Waals surface area contributed by atoms with Gasteiger partial charge in [0.2, 0.25) is 0 Å². The summed E-state index contributed by atoms with van der Waals surface area (Å²) in [5, 5.41) is 0. The average molecular weight is 1020 g/mol. The Bertz CT molecular complexity index is 2170. The highest BCUT2D eigenvalue weighted by molar-refractivity contribution is 7.46. The third-order valence-corrected chi connectivity index (χ3v) is 24.4. The molecule has 8 aliphatic rings. The predicted molar refractivity (Wildman–Crippen MR) is 292 cm³/mol. The van der Waals surface area contributed by atoms with Crippen molar-refractivity contribution in [2.24, 2.45) is 102 Å². The Hall–Kier alpha value is -1.60. The fraction of sp³-hybridized carbons (Fsp3) is 0.889. The number of hydrogen-bond acceptors (Lipinski definition) is 6. The predicted octanol–water partition coefficient (Wildman–Crippen LogP) is 16.3. The van der Waals surface area contributed by atoms with Crippen molar-refractivity contribution in [1.82, 2.24) is 0 Å². The van der Waals surface area contributed by atoms with Crippen LogP contribution in [0.4, 0.5) is 0 Å². The number of phosphoric acid groups is 1. The first-order valence-corrected chi connectivity index (χ1v) is 30.8. The molecule has 0 bridgehead atoms. The maximum atomic E-state index is 13.6. The molecule has 0 aliphatic heterocycles. The first-order valence-electron chi connectivity index (χ1n) is 29.3. The number of ether oxygens (including phenoxy) is 1. The fourth-order valence-corrected chi connectivity index (χ4v) is 19.5. The number of esters is 1. The molecule has 0 aromatic carbocycles. The molecule has 9 heteroatoms. The van der Waals surface area contributed by atoms with Crippen LogP contribution in [0, 0.1) is 102 Å². The van der Waals surface area contributed by atoms with Crippen molar-refractivity contribution < 1.29 is 38.0 Å². The Balaban J connectivity index is 0.000000211. The van der Waals surface area contributed by atoms with E-state index in [1.165, 1.54) is 43.3 Å². The third-order valence-electron chi connectivity index (χ3n) is 23.9. The first kappa shape index (κ1) is 58.1. The van der Waals surface area contributed by atoms with Crippen molar-refractivity contribution in [2.45, 2.75) is 252 Å². The van der Waals surface area contributed by atoms with Gasteiger partial charge < -0.3 is 14.5 Å². The van der Waals surface area contributed by atoms with Crippen LogP contribution in [0.15, 0.2) is 23.3 Å². The Labute approximate surface area is 439 Å². The molecule has 6 saturated carbocycles. The van der Waals surface area contributed by atoms with Gasteiger partial charge in [0.05, 0.1) is 6.10 Å². The second-order valence-electron chi connectivity index (χ2n) is 30.9. The van der Waals surface area contributed by atoms with E-state index >= 15 is 0 Å². The van der Waals surface area contributed by atoms with Gasteiger partial charge in [0, 0.05) is 24.2 Å². The quantitative estimate of drug-likeness (QED) is 0.155. The normalized spacial score (nSPS) is 42.2. The largest absolute Gasteiger partial charge is 0.469 e. The Kier molecular flexibility index (Phi) is 15.9. The summed E-state index contributed by atoms with van der Waals surface area (Å²) < 4.78 is 23.5. The number of carbonyl (C=O) groups is 3. The maximum absolute atomic E-state index is 13.6. The molecule has 2 N–H and O–H groups in total. The lowest BCUT2D eigenvalue weighted by Gasteiger charge is -2.62. The van der Waals surface area contributed by atoms with Crippen molar-refractivity contribution in [3.63, 3.8) is 0 Å². The van der Waals surface area contributed by atoms with Crippen molar-refractivity contribution in [3.05, 3.63) is 23.3 Å². The molecule has 6 fully saturated rings. The Morgan fingerprint density at radius 2 is 1.10 bits per heavy atom. The van der Waals surface area contributed by atoms with E-state index in [0.717, 1.165) is 77.0 Å². The SMILES string of the molecule is CC(=O)O[C@H](CCC(C)(C)C)C(C)(C)[C@H]1CC[C@@]2(C)C3=CC(=O)[C@@H]4C[C@H](C)CC[C@]4(C)C3CC[C@]12C.C[C@H]1CC[C@]2(C)C3CC[C@]4(C)[C@@H]([C@H](C)[C@@H](CCC(C)(C)C)OP(=O)(O)O)CC[C@@]4(C)C3=CC(=O)[C@@H]2C1. The van der Waals surface area contributed by atoms with Gasteiger partial charge in [0.1, 0.15) is 6.10 Å². The number of ketones is 2. The lowest BCUT2D eigenvalue weighted by atomic mass is 9.42. The first-order chi connectivity index (χ1) is 32.9. The van der Waals surface area contributed by atoms with Crippen molar-refractivity contribution in [1.29, 1.82) is 0 Å². The van der Waals surface area contributed by atoms with E-state index in [9.17, 15) is 28.7 Å². The smallest absolute Gasteiger partial charge is 0.462 e. The van der Waals surface area contributed by atoms with Crippen LogP contribution in [0.1, 0.15) is 240 Å². The number of carbonyl (C=O) groups excluding carboxylic acids is 3. The molecule has 8 aliphatic carbocycles. The number of allylic oxidation sites excluding steroid dienone is 4. The summed E-state index contributed by atoms with van der Waals surface area (Å²) in [6, 6.07) is 0. The minimum Gasteiger partial charge on any atom is -0.462 e. The average Bonchev–Trinajstić information content (AvgIpc) is 3.70. The minimum absolute atomic E-state index is 0.0154. The van der Waals surface area contributed by atoms with Gasteiger partial charge in [-0.25, -0.2) is 4.57 Å². The van der Waals surface area contributed by atoms with E-state index in [-0.39, 0.29) is 78.6 Å². The number of phosphoric ester groups is 1. The van der Waals surface area contributed by atoms with Crippen LogP contribution in [0.5, 0.6) is 0 Å². The zero-order valence-electron chi connectivity index (χ0n) is 49.0. The van der Waals surface area contributed by atoms with Gasteiger partial charge in [-0.3, -0.25) is 18.9 Å². The van der Waals surface area contributed by atoms with Crippen molar-refractivity contribution in [2.75, 3.05) is 0 Å². The van der Waals surface area contributed by atoms with Gasteiger partial charge >= 0.3 is 13.8 Å². The number of hydrogen-bond donors (Lipinski definition) is 2. The summed E-state index contributed by atoms with van der Waals surface area (Å²) in [6.07, 6.45) is 22.9. The third kappa shape index (κ3) is 10.3. The highest BCUT2D eigenvalue weighted by atomic mass is 31.2. The standard InChI is InChI=1S/C33H54O3.C30H51O5P/c1-21-11-16-31(8)23-12-17-33(10)27(13-18-32(33,9)24(23)20-26(35)25(31)19-21)30(6,7)28(36-22(2)34)14-15-29(3,4)5;1-19-9-14-28(6)22-11-16-29(7)21(10-15-30(29,8)23(22)18-25(31)24(28)17-19)20(2)26(35-36(32,33)34)12-13-27(3,4)5/h20-21,23,25,27-28H,11-19H2,1-10H3;18-22,24,26H,9-17H2,1-8H3,(H2,32,33,34)/t21-,23?,25+,27-,28-,31-,32+,33-;19-,20-,21+,22?,24-,26+,28+,29+,30-/m10/s1. The summed E-state index contributed by atoms with van der Waals surface area (Å²) in [5.74, 6) is 4.06. The van der Waals surface area contributed by atoms with Gasteiger partial charge in [0.15, 0.2) is 11.6 Å². The molecule has 0 heterocycles. The van der Waals surface area contributed by atoms with Crippen LogP contribution >= 0.6 is 7.82 Å². The second kappa shape index (κ2) is 19.7. The zero-order valence-corrected chi connectivity index (χ0v) is 49.9. The van der Waals surface area contributed by atoms with Crippen LogP contribution in [0.2, 0.25) is 0 Å². The zero-order chi connectivity index (χ0) is 53.8. The molecule has 0 radical (unpaired) electrons. The molecule has 410 valence electrons. The van der Waals surface area contributed by atoms with Crippen LogP contribution < -0.4 is 0 Å². The van der Waals surface area contributed by atoms with Gasteiger partial charge in [-0.1, -0.05) is 142 Å². The molecule has 8 rings (SSSR count). The van der Waals surface area contributed by atoms with E-state index in [4.69, 9.17) is 9.26 Å². The van der Waals surface area contributed by atoms with Gasteiger partial charge in [-0.2, -0.15) is 0 Å². The molecule has 0 amide bonds. The van der Waals surface area contributed by atoms with Crippen LogP contribution in [-0.4, -0.2) is 39.5 Å². The second-order valence-corrected chi connectivity index (χ2v) is 32.1. The van der Waals surface area contributed by atoms with E-state index in [1.807, 2.05) is 0 Å². The lowest BCUT2D eigenvalue weighted by Crippen LogP contribution is -2.56. The molecule has 2 unspecified atom stereocenters. The lowest BCUT2D eigenvalue weighted by molar-refractivity contribution is -0.161. The summed E-state index contributed by atoms with van der Waals surface area (Å²) in [6.45, 7) is 41.0. The summed E-state index contributed by atoms with van der Waals surface area (Å²) in [4.78, 5) is 58.9. The molecule has 17 atom stereocenters. The molecule has 8 nitrogen and oxygen atoms in total. The van der Waals surface area contributed by atoms with Crippen LogP contribution in [0.3, 0.4) is 0 Å². The van der Waals surface area contributed by atoms with E-state index in [2.05, 4.69) is 130 Å². The molecule has 0 aromatic heterocycles. The summed E-state index contributed by atoms with van der Waals surface area (Å²) in [7, 11) is -4.59. The highest BCUT2D eigenvalue weighted by Crippen LogP contribution is 2.75. The van der Waals surface area contributed by atoms with Gasteiger partial charge in [-0.05, 0) is 200 Å². The molecular formula is C63H105O8P. The fourth-order valence-electron chi connectivity index (χ4n) is 18.9. The molecule has 0 aromatic rings. The maximum Gasteiger partial charge on any atom is 0.469 e. The molecule has 72 heavy (non-hydrogen) atoms. The number of rotatable bonds is 11. The van der Waals surface area contributed by atoms with Crippen LogP contribution in [-0.2, 0) is 28.2 Å². The topological polar surface area (TPSA) is 127 Å². The van der Waals surface area contributed by atoms with Crippen molar-refractivity contribution in [3.8, 4) is 0 Å². The van der Waals surface area contributed by atoms with Gasteiger partial charge in [-0.15, -0.1) is 0 Å². The number of fused-ring (bicyclic) bond motifs is 10. The monoisotopic (exact) mass is 1020 g/mol. The van der Waals surface area contributed by atoms with E-state index in [1.54, 1.807) is 6.92 Å². The van der Waals surface area contributed by atoms with Crippen molar-refractivity contribution >= 4 is 25.4 Å². The van der Waals surface area contributed by atoms with E-state index in [0.29, 0.717) is 53.5 Å². The molecular weight excluding hydrogens is 916 g/mol. The Morgan fingerprint density at radius 1 is 0.653 bits per heavy atom.